The molecule has 0 saturated carbocycles. The van der Waals surface area contributed by atoms with Gasteiger partial charge in [0.1, 0.15) is 5.82 Å². The van der Waals surface area contributed by atoms with Gasteiger partial charge in [-0.1, -0.05) is 12.1 Å². The third kappa shape index (κ3) is 3.38. The minimum absolute atomic E-state index is 0.311. The summed E-state index contributed by atoms with van der Waals surface area (Å²) in [4.78, 5) is 4.42. The van der Waals surface area contributed by atoms with E-state index in [-0.39, 0.29) is 0 Å². The molecule has 0 amide bonds. The van der Waals surface area contributed by atoms with Crippen molar-refractivity contribution < 1.29 is 8.78 Å². The predicted octanol–water partition coefficient (Wildman–Crippen LogP) is 4.39. The molecule has 0 aromatic carbocycles. The molecule has 0 bridgehead atoms. The van der Waals surface area contributed by atoms with Gasteiger partial charge in [0.2, 0.25) is 5.82 Å². The fraction of sp³-hybridized carbons (Fsp3) is 0.188. The van der Waals surface area contributed by atoms with Crippen molar-refractivity contribution in [2.75, 3.05) is 4.90 Å². The van der Waals surface area contributed by atoms with Crippen LogP contribution in [0.3, 0.4) is 0 Å². The first-order chi connectivity index (χ1) is 12.2. The first kappa shape index (κ1) is 16.1. The highest BCUT2D eigenvalue weighted by Gasteiger charge is 2.19. The number of rotatable bonds is 6. The molecule has 4 heterocycles. The highest BCUT2D eigenvalue weighted by Crippen LogP contribution is 2.24. The van der Waals surface area contributed by atoms with Crippen LogP contribution >= 0.6 is 22.7 Å². The van der Waals surface area contributed by atoms with Gasteiger partial charge in [0.05, 0.1) is 13.1 Å². The minimum Gasteiger partial charge on any atom is -0.345 e. The van der Waals surface area contributed by atoms with Gasteiger partial charge in [-0.2, -0.15) is 4.52 Å². The van der Waals surface area contributed by atoms with E-state index in [0.717, 1.165) is 4.52 Å². The Balaban J connectivity index is 1.72. The smallest absolute Gasteiger partial charge is 0.299 e. The maximum absolute atomic E-state index is 13.1. The van der Waals surface area contributed by atoms with Crippen molar-refractivity contribution in [3.63, 3.8) is 0 Å². The SMILES string of the molecule is FC(F)c1nnc2ccc(N(Cc3cccs3)Cc3cccs3)nn12. The van der Waals surface area contributed by atoms with E-state index in [1.807, 2.05) is 35.0 Å². The highest BCUT2D eigenvalue weighted by atomic mass is 32.1. The van der Waals surface area contributed by atoms with Crippen molar-refractivity contribution in [3.05, 3.63) is 62.7 Å². The van der Waals surface area contributed by atoms with E-state index >= 15 is 0 Å². The molecule has 128 valence electrons. The summed E-state index contributed by atoms with van der Waals surface area (Å²) >= 11 is 3.31. The minimum atomic E-state index is -2.72. The first-order valence-corrected chi connectivity index (χ1v) is 9.27. The molecule has 0 atom stereocenters. The maximum atomic E-state index is 13.1. The van der Waals surface area contributed by atoms with Gasteiger partial charge in [-0.05, 0) is 35.0 Å². The van der Waals surface area contributed by atoms with E-state index < -0.39 is 12.2 Å². The zero-order chi connectivity index (χ0) is 17.2. The van der Waals surface area contributed by atoms with Crippen LogP contribution in [0.4, 0.5) is 14.6 Å². The monoisotopic (exact) mass is 377 g/mol. The molecule has 9 heteroatoms. The maximum Gasteiger partial charge on any atom is 0.299 e. The lowest BCUT2D eigenvalue weighted by Gasteiger charge is -2.22. The molecule has 0 radical (unpaired) electrons. The summed E-state index contributed by atoms with van der Waals surface area (Å²) in [7, 11) is 0. The Kier molecular flexibility index (Phi) is 4.41. The van der Waals surface area contributed by atoms with E-state index in [9.17, 15) is 8.78 Å². The second-order valence-corrected chi connectivity index (χ2v) is 7.40. The fourth-order valence-electron chi connectivity index (χ4n) is 2.50. The van der Waals surface area contributed by atoms with Gasteiger partial charge in [0, 0.05) is 9.75 Å². The Morgan fingerprint density at radius 1 is 0.960 bits per heavy atom. The van der Waals surface area contributed by atoms with Gasteiger partial charge in [-0.15, -0.1) is 38.0 Å². The lowest BCUT2D eigenvalue weighted by atomic mass is 10.3. The molecular formula is C16H13F2N5S2. The molecule has 0 spiro atoms. The lowest BCUT2D eigenvalue weighted by molar-refractivity contribution is 0.137. The van der Waals surface area contributed by atoms with Crippen LogP contribution in [0.5, 0.6) is 0 Å². The van der Waals surface area contributed by atoms with Crippen molar-refractivity contribution >= 4 is 34.1 Å². The fourth-order valence-corrected chi connectivity index (χ4v) is 3.94. The molecule has 5 nitrogen and oxygen atoms in total. The number of fused-ring (bicyclic) bond motifs is 1. The molecule has 25 heavy (non-hydrogen) atoms. The second-order valence-electron chi connectivity index (χ2n) is 5.34. The largest absolute Gasteiger partial charge is 0.345 e. The topological polar surface area (TPSA) is 46.3 Å². The number of halogens is 2. The van der Waals surface area contributed by atoms with Crippen molar-refractivity contribution in [2.24, 2.45) is 0 Å². The van der Waals surface area contributed by atoms with E-state index in [1.54, 1.807) is 34.8 Å². The number of hydrogen-bond acceptors (Lipinski definition) is 6. The van der Waals surface area contributed by atoms with Crippen LogP contribution in [0.2, 0.25) is 0 Å². The van der Waals surface area contributed by atoms with Gasteiger partial charge in [-0.25, -0.2) is 8.78 Å². The number of alkyl halides is 2. The summed E-state index contributed by atoms with van der Waals surface area (Å²) in [5.74, 6) is 0.167. The van der Waals surface area contributed by atoms with Crippen LogP contribution in [0.25, 0.3) is 5.65 Å². The molecule has 0 saturated heterocycles. The van der Waals surface area contributed by atoms with Gasteiger partial charge in [0.25, 0.3) is 6.43 Å². The number of thiophene rings is 2. The molecule has 0 fully saturated rings. The van der Waals surface area contributed by atoms with Crippen LogP contribution in [-0.2, 0) is 13.1 Å². The van der Waals surface area contributed by atoms with Crippen LogP contribution in [0.15, 0.2) is 47.2 Å². The average molecular weight is 377 g/mol. The molecule has 0 aliphatic heterocycles. The molecular weight excluding hydrogens is 364 g/mol. The van der Waals surface area contributed by atoms with Gasteiger partial charge < -0.3 is 4.90 Å². The van der Waals surface area contributed by atoms with E-state index in [1.165, 1.54) is 9.75 Å². The van der Waals surface area contributed by atoms with Crippen LogP contribution < -0.4 is 4.90 Å². The van der Waals surface area contributed by atoms with Gasteiger partial charge in [0.15, 0.2) is 5.65 Å². The summed E-state index contributed by atoms with van der Waals surface area (Å²) in [6.07, 6.45) is -2.72. The zero-order valence-corrected chi connectivity index (χ0v) is 14.6. The van der Waals surface area contributed by atoms with Gasteiger partial charge in [-0.3, -0.25) is 0 Å². The molecule has 4 aromatic rings. The standard InChI is InChI=1S/C16H13F2N5S2/c17-15(18)16-20-19-13-5-6-14(21-23(13)16)22(9-11-3-1-7-24-11)10-12-4-2-8-25-12/h1-8,15H,9-10H2. The Bertz CT molecular complexity index is 914. The highest BCUT2D eigenvalue weighted by molar-refractivity contribution is 7.10. The molecule has 0 aliphatic carbocycles. The summed E-state index contributed by atoms with van der Waals surface area (Å²) < 4.78 is 27.3. The molecule has 4 aromatic heterocycles. The number of aromatic nitrogens is 4. The third-order valence-corrected chi connectivity index (χ3v) is 5.37. The molecule has 0 unspecified atom stereocenters. The second kappa shape index (κ2) is 6.85. The zero-order valence-electron chi connectivity index (χ0n) is 12.9. The van der Waals surface area contributed by atoms with Crippen LogP contribution in [-0.4, -0.2) is 19.8 Å². The van der Waals surface area contributed by atoms with Crippen molar-refractivity contribution in [1.29, 1.82) is 0 Å². The number of nitrogens with zero attached hydrogens (tertiary/aromatic N) is 5. The number of hydrogen-bond donors (Lipinski definition) is 0. The summed E-state index contributed by atoms with van der Waals surface area (Å²) in [6, 6.07) is 11.5. The van der Waals surface area contributed by atoms with Crippen LogP contribution in [0.1, 0.15) is 22.0 Å². The Morgan fingerprint density at radius 3 is 2.20 bits per heavy atom. The van der Waals surface area contributed by atoms with Crippen molar-refractivity contribution in [3.8, 4) is 0 Å². The van der Waals surface area contributed by atoms with Crippen molar-refractivity contribution in [1.82, 2.24) is 19.8 Å². The molecule has 0 N–H and O–H groups in total. The predicted molar refractivity (Wildman–Crippen MR) is 94.3 cm³/mol. The summed E-state index contributed by atoms with van der Waals surface area (Å²) in [5.41, 5.74) is 0.311. The van der Waals surface area contributed by atoms with E-state index in [4.69, 9.17) is 0 Å². The molecule has 0 aliphatic rings. The normalized spacial score (nSPS) is 11.5. The Morgan fingerprint density at radius 2 is 1.64 bits per heavy atom. The first-order valence-electron chi connectivity index (χ1n) is 7.51. The van der Waals surface area contributed by atoms with Crippen molar-refractivity contribution in [2.45, 2.75) is 19.5 Å². The van der Waals surface area contributed by atoms with Gasteiger partial charge >= 0.3 is 0 Å². The summed E-state index contributed by atoms with van der Waals surface area (Å²) in [6.45, 7) is 1.31. The van der Waals surface area contributed by atoms with E-state index in [2.05, 4.69) is 20.2 Å². The lowest BCUT2D eigenvalue weighted by Crippen LogP contribution is -2.23. The van der Waals surface area contributed by atoms with E-state index in [0.29, 0.717) is 24.6 Å². The Labute approximate surface area is 150 Å². The molecule has 4 rings (SSSR count). The third-order valence-electron chi connectivity index (χ3n) is 3.65. The quantitative estimate of drug-likeness (QED) is 0.500. The Hall–Kier alpha value is -2.39. The average Bonchev–Trinajstić information content (AvgIpc) is 3.35. The number of anilines is 1. The van der Waals surface area contributed by atoms with Crippen LogP contribution in [0, 0.1) is 0 Å². The summed E-state index contributed by atoms with van der Waals surface area (Å²) in [5, 5.41) is 15.7.